The van der Waals surface area contributed by atoms with Gasteiger partial charge in [0.1, 0.15) is 18.1 Å². The van der Waals surface area contributed by atoms with E-state index in [9.17, 15) is 18.8 Å². The van der Waals surface area contributed by atoms with Crippen molar-refractivity contribution in [2.24, 2.45) is 0 Å². The average Bonchev–Trinajstić information content (AvgIpc) is 3.20. The topological polar surface area (TPSA) is 83.4 Å². The van der Waals surface area contributed by atoms with Crippen molar-refractivity contribution in [1.82, 2.24) is 14.8 Å². The zero-order valence-electron chi connectivity index (χ0n) is 18.5. The molecule has 1 aromatic heterocycles. The van der Waals surface area contributed by atoms with E-state index in [0.29, 0.717) is 5.69 Å². The van der Waals surface area contributed by atoms with Gasteiger partial charge in [0.15, 0.2) is 0 Å². The SMILES string of the molecule is Cc1ccc(NC(=O)CN2C(=O)N/C(=C\c3cc(C)n(-c4ccc(F)cc4)c3C)C2=O)cc1. The molecule has 33 heavy (non-hydrogen) atoms. The minimum absolute atomic E-state index is 0.0856. The highest BCUT2D eigenvalue weighted by Gasteiger charge is 2.35. The predicted molar refractivity (Wildman–Crippen MR) is 123 cm³/mol. The molecule has 1 aliphatic heterocycles. The maximum atomic E-state index is 13.3. The summed E-state index contributed by atoms with van der Waals surface area (Å²) in [4.78, 5) is 38.4. The number of hydrogen-bond acceptors (Lipinski definition) is 3. The molecule has 0 bridgehead atoms. The van der Waals surface area contributed by atoms with Crippen molar-refractivity contribution in [3.8, 4) is 5.69 Å². The van der Waals surface area contributed by atoms with Gasteiger partial charge in [0, 0.05) is 22.8 Å². The first-order chi connectivity index (χ1) is 15.7. The maximum Gasteiger partial charge on any atom is 0.329 e. The Kier molecular flexibility index (Phi) is 5.83. The smallest absolute Gasteiger partial charge is 0.325 e. The largest absolute Gasteiger partial charge is 0.329 e. The predicted octanol–water partition coefficient (Wildman–Crippen LogP) is 4.07. The average molecular weight is 446 g/mol. The number of amides is 4. The number of carbonyl (C=O) groups excluding carboxylic acids is 3. The lowest BCUT2D eigenvalue weighted by Gasteiger charge is -2.12. The van der Waals surface area contributed by atoms with Gasteiger partial charge < -0.3 is 15.2 Å². The van der Waals surface area contributed by atoms with Crippen LogP contribution in [0.3, 0.4) is 0 Å². The number of rotatable bonds is 5. The van der Waals surface area contributed by atoms with Gasteiger partial charge in [-0.2, -0.15) is 0 Å². The molecule has 2 aromatic carbocycles. The molecule has 0 spiro atoms. The molecule has 2 N–H and O–H groups in total. The Hall–Kier alpha value is -4.20. The standard InChI is InChI=1S/C25H23FN4O3/c1-15-4-8-20(9-5-15)27-23(31)14-29-24(32)22(28-25(29)33)13-18-12-16(2)30(17(18)3)21-10-6-19(26)7-11-21/h4-13H,14H2,1-3H3,(H,27,31)(H,28,33)/b22-13-. The van der Waals surface area contributed by atoms with E-state index in [4.69, 9.17) is 0 Å². The number of anilines is 1. The van der Waals surface area contributed by atoms with E-state index < -0.39 is 24.4 Å². The van der Waals surface area contributed by atoms with Crippen LogP contribution in [-0.2, 0) is 9.59 Å². The lowest BCUT2D eigenvalue weighted by molar-refractivity contribution is -0.127. The monoisotopic (exact) mass is 446 g/mol. The fourth-order valence-corrected chi connectivity index (χ4v) is 3.77. The van der Waals surface area contributed by atoms with E-state index in [-0.39, 0.29) is 11.5 Å². The summed E-state index contributed by atoms with van der Waals surface area (Å²) < 4.78 is 15.2. The number of imide groups is 1. The Morgan fingerprint density at radius 2 is 1.70 bits per heavy atom. The number of nitrogens with one attached hydrogen (secondary N) is 2. The van der Waals surface area contributed by atoms with Gasteiger partial charge >= 0.3 is 6.03 Å². The van der Waals surface area contributed by atoms with E-state index in [1.807, 2.05) is 43.5 Å². The lowest BCUT2D eigenvalue weighted by atomic mass is 10.2. The molecule has 168 valence electrons. The van der Waals surface area contributed by atoms with Gasteiger partial charge in [-0.15, -0.1) is 0 Å². The number of carbonyl (C=O) groups is 3. The van der Waals surface area contributed by atoms with Crippen LogP contribution in [0.25, 0.3) is 11.8 Å². The maximum absolute atomic E-state index is 13.3. The summed E-state index contributed by atoms with van der Waals surface area (Å²) in [5, 5.41) is 5.22. The molecular formula is C25H23FN4O3. The van der Waals surface area contributed by atoms with Crippen LogP contribution in [0.2, 0.25) is 0 Å². The molecule has 8 heteroatoms. The van der Waals surface area contributed by atoms with Crippen molar-refractivity contribution in [3.05, 3.63) is 88.6 Å². The number of benzene rings is 2. The molecule has 0 aliphatic carbocycles. The highest BCUT2D eigenvalue weighted by molar-refractivity contribution is 6.16. The van der Waals surface area contributed by atoms with Crippen molar-refractivity contribution in [3.63, 3.8) is 0 Å². The van der Waals surface area contributed by atoms with Gasteiger partial charge in [-0.25, -0.2) is 14.1 Å². The first kappa shape index (κ1) is 22.0. The van der Waals surface area contributed by atoms with Crippen LogP contribution in [0.4, 0.5) is 14.9 Å². The molecular weight excluding hydrogens is 423 g/mol. The van der Waals surface area contributed by atoms with Crippen LogP contribution in [0.1, 0.15) is 22.5 Å². The van der Waals surface area contributed by atoms with Gasteiger partial charge in [-0.3, -0.25) is 9.59 Å². The summed E-state index contributed by atoms with van der Waals surface area (Å²) in [6, 6.07) is 14.5. The fraction of sp³-hybridized carbons (Fsp3) is 0.160. The molecule has 0 radical (unpaired) electrons. The molecule has 0 saturated carbocycles. The molecule has 7 nitrogen and oxygen atoms in total. The minimum atomic E-state index is -0.655. The van der Waals surface area contributed by atoms with Gasteiger partial charge in [-0.05, 0) is 74.9 Å². The van der Waals surface area contributed by atoms with Gasteiger partial charge in [-0.1, -0.05) is 17.7 Å². The molecule has 0 atom stereocenters. The zero-order valence-corrected chi connectivity index (χ0v) is 18.5. The van der Waals surface area contributed by atoms with Crippen LogP contribution in [-0.4, -0.2) is 33.9 Å². The normalized spacial score (nSPS) is 14.7. The molecule has 1 fully saturated rings. The summed E-state index contributed by atoms with van der Waals surface area (Å²) in [6.45, 7) is 5.31. The molecule has 1 aliphatic rings. The van der Waals surface area contributed by atoms with Crippen molar-refractivity contribution in [2.45, 2.75) is 20.8 Å². The number of urea groups is 1. The van der Waals surface area contributed by atoms with Crippen molar-refractivity contribution in [1.29, 1.82) is 0 Å². The molecule has 1 saturated heterocycles. The van der Waals surface area contributed by atoms with Crippen LogP contribution >= 0.6 is 0 Å². The van der Waals surface area contributed by atoms with E-state index in [2.05, 4.69) is 10.6 Å². The highest BCUT2D eigenvalue weighted by Crippen LogP contribution is 2.24. The third-order valence-electron chi connectivity index (χ3n) is 5.45. The summed E-state index contributed by atoms with van der Waals surface area (Å²) in [6.07, 6.45) is 1.58. The quantitative estimate of drug-likeness (QED) is 0.458. The summed E-state index contributed by atoms with van der Waals surface area (Å²) >= 11 is 0. The summed E-state index contributed by atoms with van der Waals surface area (Å²) in [5.74, 6) is -1.38. The molecule has 4 rings (SSSR count). The third kappa shape index (κ3) is 4.55. The minimum Gasteiger partial charge on any atom is -0.325 e. The van der Waals surface area contributed by atoms with Crippen molar-refractivity contribution >= 4 is 29.6 Å². The molecule has 4 amide bonds. The number of aryl methyl sites for hydroxylation is 2. The number of nitrogens with zero attached hydrogens (tertiary/aromatic N) is 2. The second-order valence-corrected chi connectivity index (χ2v) is 7.93. The summed E-state index contributed by atoms with van der Waals surface area (Å²) in [5.41, 5.74) is 4.94. The fourth-order valence-electron chi connectivity index (χ4n) is 3.77. The number of aromatic nitrogens is 1. The van der Waals surface area contributed by atoms with Gasteiger partial charge in [0.2, 0.25) is 5.91 Å². The Labute approximate surface area is 190 Å². The Morgan fingerprint density at radius 3 is 2.36 bits per heavy atom. The third-order valence-corrected chi connectivity index (χ3v) is 5.45. The molecule has 3 aromatic rings. The van der Waals surface area contributed by atoms with Crippen LogP contribution < -0.4 is 10.6 Å². The van der Waals surface area contributed by atoms with E-state index in [1.165, 1.54) is 12.1 Å². The van der Waals surface area contributed by atoms with Crippen LogP contribution in [0, 0.1) is 26.6 Å². The van der Waals surface area contributed by atoms with Crippen molar-refractivity contribution < 1.29 is 18.8 Å². The number of halogens is 1. The van der Waals surface area contributed by atoms with E-state index >= 15 is 0 Å². The Bertz CT molecular complexity index is 1270. The Balaban J connectivity index is 1.52. The summed E-state index contributed by atoms with van der Waals surface area (Å²) in [7, 11) is 0. The van der Waals surface area contributed by atoms with E-state index in [1.54, 1.807) is 30.3 Å². The van der Waals surface area contributed by atoms with Crippen LogP contribution in [0.5, 0.6) is 0 Å². The van der Waals surface area contributed by atoms with Crippen molar-refractivity contribution in [2.75, 3.05) is 11.9 Å². The first-order valence-corrected chi connectivity index (χ1v) is 10.4. The molecule has 2 heterocycles. The van der Waals surface area contributed by atoms with E-state index in [0.717, 1.165) is 33.1 Å². The first-order valence-electron chi connectivity index (χ1n) is 10.4. The zero-order chi connectivity index (χ0) is 23.7. The second kappa shape index (κ2) is 8.74. The molecule has 0 unspecified atom stereocenters. The van der Waals surface area contributed by atoms with Gasteiger partial charge in [0.05, 0.1) is 0 Å². The Morgan fingerprint density at radius 1 is 1.03 bits per heavy atom. The second-order valence-electron chi connectivity index (χ2n) is 7.93. The van der Waals surface area contributed by atoms with Gasteiger partial charge in [0.25, 0.3) is 5.91 Å². The highest BCUT2D eigenvalue weighted by atomic mass is 19.1. The van der Waals surface area contributed by atoms with Crippen LogP contribution in [0.15, 0.2) is 60.3 Å². The number of hydrogen-bond donors (Lipinski definition) is 2. The lowest BCUT2D eigenvalue weighted by Crippen LogP contribution is -2.38.